The number of hydrogen-bond donors (Lipinski definition) is 3. The zero-order chi connectivity index (χ0) is 14.4. The predicted molar refractivity (Wildman–Crippen MR) is 85.9 cm³/mol. The minimum Gasteiger partial charge on any atom is -0.388 e. The van der Waals surface area contributed by atoms with Crippen LogP contribution in [0.5, 0.6) is 0 Å². The zero-order valence-electron chi connectivity index (χ0n) is 12.7. The van der Waals surface area contributed by atoms with Crippen molar-refractivity contribution in [1.29, 1.82) is 5.41 Å². The van der Waals surface area contributed by atoms with Crippen molar-refractivity contribution in [1.82, 2.24) is 10.6 Å². The van der Waals surface area contributed by atoms with Gasteiger partial charge in [0.25, 0.3) is 0 Å². The topological polar surface area (TPSA) is 47.9 Å². The SMILES string of the molecule is CCCC/C(=C/C(=N)C1CC1)NC1C=CC(NC)=CC1. The van der Waals surface area contributed by atoms with E-state index in [2.05, 4.69) is 41.9 Å². The first-order chi connectivity index (χ1) is 9.72. The first-order valence-corrected chi connectivity index (χ1v) is 7.84. The van der Waals surface area contributed by atoms with E-state index in [1.54, 1.807) is 0 Å². The van der Waals surface area contributed by atoms with Crippen molar-refractivity contribution in [2.75, 3.05) is 7.05 Å². The molecule has 0 radical (unpaired) electrons. The van der Waals surface area contributed by atoms with Crippen molar-refractivity contribution < 1.29 is 0 Å². The molecule has 3 nitrogen and oxygen atoms in total. The summed E-state index contributed by atoms with van der Waals surface area (Å²) < 4.78 is 0. The van der Waals surface area contributed by atoms with Gasteiger partial charge in [0.05, 0.1) is 0 Å². The maximum Gasteiger partial charge on any atom is 0.0480 e. The summed E-state index contributed by atoms with van der Waals surface area (Å²) in [6, 6.07) is 0.363. The Morgan fingerprint density at radius 1 is 1.45 bits per heavy atom. The molecule has 0 spiro atoms. The number of rotatable bonds is 8. The molecule has 0 aromatic carbocycles. The average Bonchev–Trinajstić information content (AvgIpc) is 3.30. The Morgan fingerprint density at radius 3 is 2.80 bits per heavy atom. The lowest BCUT2D eigenvalue weighted by Crippen LogP contribution is -2.28. The van der Waals surface area contributed by atoms with Crippen molar-refractivity contribution in [3.63, 3.8) is 0 Å². The molecular formula is C17H27N3. The number of nitrogens with one attached hydrogen (secondary N) is 3. The van der Waals surface area contributed by atoms with E-state index in [1.807, 2.05) is 7.05 Å². The largest absolute Gasteiger partial charge is 0.388 e. The minimum atomic E-state index is 0.363. The van der Waals surface area contributed by atoms with Crippen LogP contribution < -0.4 is 10.6 Å². The van der Waals surface area contributed by atoms with Crippen LogP contribution in [0.15, 0.2) is 35.7 Å². The van der Waals surface area contributed by atoms with E-state index in [-0.39, 0.29) is 0 Å². The molecule has 1 fully saturated rings. The quantitative estimate of drug-likeness (QED) is 0.593. The third-order valence-electron chi connectivity index (χ3n) is 3.91. The molecule has 110 valence electrons. The van der Waals surface area contributed by atoms with E-state index in [4.69, 9.17) is 5.41 Å². The summed E-state index contributed by atoms with van der Waals surface area (Å²) >= 11 is 0. The normalized spacial score (nSPS) is 22.4. The van der Waals surface area contributed by atoms with Crippen LogP contribution in [-0.2, 0) is 0 Å². The molecule has 2 aliphatic carbocycles. The smallest absolute Gasteiger partial charge is 0.0480 e. The molecule has 3 N–H and O–H groups in total. The number of unbranched alkanes of at least 4 members (excludes halogenated alkanes) is 1. The molecule has 0 heterocycles. The van der Waals surface area contributed by atoms with Gasteiger partial charge in [0, 0.05) is 36.1 Å². The van der Waals surface area contributed by atoms with Crippen LogP contribution in [0.3, 0.4) is 0 Å². The Kier molecular flexibility index (Phi) is 5.45. The van der Waals surface area contributed by atoms with E-state index in [0.29, 0.717) is 12.0 Å². The molecule has 1 unspecified atom stereocenters. The lowest BCUT2D eigenvalue weighted by atomic mass is 10.0. The van der Waals surface area contributed by atoms with Crippen molar-refractivity contribution in [3.05, 3.63) is 35.7 Å². The lowest BCUT2D eigenvalue weighted by molar-refractivity contribution is 0.625. The highest BCUT2D eigenvalue weighted by atomic mass is 14.9. The molecule has 1 saturated carbocycles. The Hall–Kier alpha value is -1.51. The Balaban J connectivity index is 1.92. The molecule has 2 rings (SSSR count). The van der Waals surface area contributed by atoms with Crippen LogP contribution in [0.25, 0.3) is 0 Å². The van der Waals surface area contributed by atoms with Crippen molar-refractivity contribution >= 4 is 5.71 Å². The third-order valence-corrected chi connectivity index (χ3v) is 3.91. The standard InChI is InChI=1S/C17H27N3/c1-3-4-5-16(12-17(18)13-6-7-13)20-15-10-8-14(19-2)9-11-15/h8-10,12-13,15,18-20H,3-7,11H2,1-2H3/b16-12-,18-17?. The number of likely N-dealkylation sites (N-methyl/N-ethyl adjacent to an activating group) is 1. The van der Waals surface area contributed by atoms with Gasteiger partial charge in [-0.1, -0.05) is 25.5 Å². The van der Waals surface area contributed by atoms with E-state index >= 15 is 0 Å². The van der Waals surface area contributed by atoms with Crippen molar-refractivity contribution in [2.45, 2.75) is 51.5 Å². The molecule has 1 atom stereocenters. The average molecular weight is 273 g/mol. The molecule has 0 bridgehead atoms. The van der Waals surface area contributed by atoms with E-state index in [0.717, 1.165) is 18.6 Å². The van der Waals surface area contributed by atoms with Crippen molar-refractivity contribution in [2.24, 2.45) is 5.92 Å². The van der Waals surface area contributed by atoms with Gasteiger partial charge in [-0.05, 0) is 44.3 Å². The highest BCUT2D eigenvalue weighted by Crippen LogP contribution is 2.31. The molecule has 0 amide bonds. The molecular weight excluding hydrogens is 246 g/mol. The van der Waals surface area contributed by atoms with Gasteiger partial charge in [-0.2, -0.15) is 0 Å². The summed E-state index contributed by atoms with van der Waals surface area (Å²) in [5.74, 6) is 0.533. The summed E-state index contributed by atoms with van der Waals surface area (Å²) in [4.78, 5) is 0. The fourth-order valence-corrected chi connectivity index (χ4v) is 2.40. The molecule has 2 aliphatic rings. The second-order valence-corrected chi connectivity index (χ2v) is 5.76. The Labute approximate surface area is 122 Å². The molecule has 0 saturated heterocycles. The summed E-state index contributed by atoms with van der Waals surface area (Å²) in [5.41, 5.74) is 3.24. The van der Waals surface area contributed by atoms with E-state index in [1.165, 1.54) is 37.1 Å². The van der Waals surface area contributed by atoms with E-state index in [9.17, 15) is 0 Å². The van der Waals surface area contributed by atoms with Crippen LogP contribution in [0.2, 0.25) is 0 Å². The molecule has 0 aromatic heterocycles. The van der Waals surface area contributed by atoms with Crippen LogP contribution in [0.4, 0.5) is 0 Å². The number of allylic oxidation sites excluding steroid dienone is 3. The van der Waals surface area contributed by atoms with E-state index < -0.39 is 0 Å². The van der Waals surface area contributed by atoms with Crippen LogP contribution in [0, 0.1) is 11.3 Å². The highest BCUT2D eigenvalue weighted by molar-refractivity contribution is 5.96. The summed E-state index contributed by atoms with van der Waals surface area (Å²) in [6.07, 6.45) is 15.5. The maximum absolute atomic E-state index is 8.09. The predicted octanol–water partition coefficient (Wildman–Crippen LogP) is 3.51. The third kappa shape index (κ3) is 4.55. The van der Waals surface area contributed by atoms with Crippen molar-refractivity contribution in [3.8, 4) is 0 Å². The second-order valence-electron chi connectivity index (χ2n) is 5.76. The Bertz CT molecular complexity index is 428. The molecule has 0 aliphatic heterocycles. The summed E-state index contributed by atoms with van der Waals surface area (Å²) in [5, 5.41) is 14.9. The van der Waals surface area contributed by atoms with Gasteiger partial charge in [-0.15, -0.1) is 0 Å². The lowest BCUT2D eigenvalue weighted by Gasteiger charge is -2.21. The van der Waals surface area contributed by atoms with Crippen LogP contribution in [0.1, 0.15) is 45.4 Å². The number of hydrogen-bond acceptors (Lipinski definition) is 3. The van der Waals surface area contributed by atoms with Gasteiger partial charge in [0.15, 0.2) is 0 Å². The summed E-state index contributed by atoms with van der Waals surface area (Å²) in [6.45, 7) is 2.21. The monoisotopic (exact) mass is 273 g/mol. The molecule has 3 heteroatoms. The van der Waals surface area contributed by atoms with Gasteiger partial charge in [0.2, 0.25) is 0 Å². The van der Waals surface area contributed by atoms with Gasteiger partial charge in [-0.25, -0.2) is 0 Å². The maximum atomic E-state index is 8.09. The fraction of sp³-hybridized carbons (Fsp3) is 0.588. The van der Waals surface area contributed by atoms with Crippen LogP contribution in [-0.4, -0.2) is 18.8 Å². The minimum absolute atomic E-state index is 0.363. The zero-order valence-corrected chi connectivity index (χ0v) is 12.7. The van der Waals surface area contributed by atoms with Crippen LogP contribution >= 0.6 is 0 Å². The first-order valence-electron chi connectivity index (χ1n) is 7.84. The highest BCUT2D eigenvalue weighted by Gasteiger charge is 2.25. The van der Waals surface area contributed by atoms with Gasteiger partial charge >= 0.3 is 0 Å². The Morgan fingerprint density at radius 2 is 2.25 bits per heavy atom. The fourth-order valence-electron chi connectivity index (χ4n) is 2.40. The molecule has 20 heavy (non-hydrogen) atoms. The van der Waals surface area contributed by atoms with Gasteiger partial charge < -0.3 is 16.0 Å². The van der Waals surface area contributed by atoms with Gasteiger partial charge in [0.1, 0.15) is 0 Å². The van der Waals surface area contributed by atoms with Gasteiger partial charge in [-0.3, -0.25) is 0 Å². The first kappa shape index (κ1) is 14.9. The summed E-state index contributed by atoms with van der Waals surface area (Å²) in [7, 11) is 1.95. The molecule has 0 aromatic rings. The second kappa shape index (κ2) is 7.32.